The Morgan fingerprint density at radius 1 is 1.17 bits per heavy atom. The van der Waals surface area contributed by atoms with Crippen molar-refractivity contribution in [1.29, 1.82) is 0 Å². The van der Waals surface area contributed by atoms with Crippen molar-refractivity contribution in [2.24, 2.45) is 0 Å². The number of rotatable bonds is 4. The molecule has 0 unspecified atom stereocenters. The number of non-ortho nitro benzene ring substituents is 1. The highest BCUT2D eigenvalue weighted by Crippen LogP contribution is 2.32. The highest BCUT2D eigenvalue weighted by molar-refractivity contribution is 7.91. The molecule has 9 nitrogen and oxygen atoms in total. The van der Waals surface area contributed by atoms with E-state index >= 15 is 0 Å². The van der Waals surface area contributed by atoms with E-state index in [-0.39, 0.29) is 26.5 Å². The molecule has 0 saturated heterocycles. The smallest absolute Gasteiger partial charge is 0.300 e. The van der Waals surface area contributed by atoms with Crippen molar-refractivity contribution in [3.8, 4) is 5.75 Å². The zero-order valence-electron chi connectivity index (χ0n) is 11.7. The summed E-state index contributed by atoms with van der Waals surface area (Å²) in [5, 5.41) is 17.9. The van der Waals surface area contributed by atoms with Gasteiger partial charge in [0.2, 0.25) is 15.4 Å². The average Bonchev–Trinajstić information content (AvgIpc) is 3.03. The quantitative estimate of drug-likeness (QED) is 0.523. The molecule has 0 saturated carbocycles. The lowest BCUT2D eigenvalue weighted by molar-refractivity contribution is -0.383. The molecule has 1 aromatic heterocycles. The van der Waals surface area contributed by atoms with Crippen LogP contribution in [0.5, 0.6) is 5.75 Å². The number of methoxy groups -OCH3 is 1. The summed E-state index contributed by atoms with van der Waals surface area (Å²) in [6.07, 6.45) is 0. The Morgan fingerprint density at radius 3 is 2.61 bits per heavy atom. The van der Waals surface area contributed by atoms with Gasteiger partial charge in [-0.2, -0.15) is 0 Å². The molecule has 0 atom stereocenters. The number of nitro groups is 1. The van der Waals surface area contributed by atoms with Crippen LogP contribution in [0.3, 0.4) is 0 Å². The minimum Gasteiger partial charge on any atom is -0.497 e. The maximum absolute atomic E-state index is 12.8. The zero-order valence-corrected chi connectivity index (χ0v) is 12.5. The fraction of sp³-hybridized carbons (Fsp3) is 0.0769. The Morgan fingerprint density at radius 2 is 1.91 bits per heavy atom. The van der Waals surface area contributed by atoms with Gasteiger partial charge in [-0.1, -0.05) is 6.07 Å². The minimum atomic E-state index is -3.98. The number of fused-ring (bicyclic) bond motifs is 1. The number of aromatic nitrogens is 2. The lowest BCUT2D eigenvalue weighted by Crippen LogP contribution is -2.04. The van der Waals surface area contributed by atoms with Gasteiger partial charge in [0, 0.05) is 6.07 Å². The first-order valence-corrected chi connectivity index (χ1v) is 7.72. The molecule has 2 aromatic carbocycles. The molecule has 0 radical (unpaired) electrons. The summed E-state index contributed by atoms with van der Waals surface area (Å²) in [6, 6.07) is 8.02. The summed E-state index contributed by atoms with van der Waals surface area (Å²) >= 11 is 0. The van der Waals surface area contributed by atoms with Gasteiger partial charge in [-0.3, -0.25) is 10.1 Å². The number of ether oxygens (including phenoxy) is 1. The summed E-state index contributed by atoms with van der Waals surface area (Å²) in [4.78, 5) is 10.0. The van der Waals surface area contributed by atoms with E-state index in [2.05, 4.69) is 14.9 Å². The van der Waals surface area contributed by atoms with Gasteiger partial charge in [0.1, 0.15) is 10.6 Å². The Labute approximate surface area is 129 Å². The monoisotopic (exact) mass is 335 g/mol. The first kappa shape index (κ1) is 14.9. The topological polar surface area (TPSA) is 125 Å². The molecule has 0 fully saturated rings. The molecule has 0 N–H and O–H groups in total. The number of hydrogen-bond acceptors (Lipinski definition) is 8. The second-order valence-corrected chi connectivity index (χ2v) is 6.40. The van der Waals surface area contributed by atoms with Gasteiger partial charge < -0.3 is 4.74 Å². The van der Waals surface area contributed by atoms with Gasteiger partial charge in [0.05, 0.1) is 16.9 Å². The first-order valence-electron chi connectivity index (χ1n) is 6.24. The standard InChI is InChI=1S/C13H9N3O6S/c1-21-8-3-2-4-9(7-8)23(19,20)11-6-5-10(16(17)18)12-13(11)15-22-14-12/h2-7H,1H3. The first-order chi connectivity index (χ1) is 10.9. The van der Waals surface area contributed by atoms with Crippen LogP contribution in [0.4, 0.5) is 5.69 Å². The van der Waals surface area contributed by atoms with Crippen molar-refractivity contribution in [2.45, 2.75) is 9.79 Å². The molecule has 0 aliphatic carbocycles. The molecule has 10 heteroatoms. The molecular formula is C13H9N3O6S. The molecule has 0 aliphatic rings. The molecule has 1 heterocycles. The van der Waals surface area contributed by atoms with Gasteiger partial charge in [0.25, 0.3) is 0 Å². The lowest BCUT2D eigenvalue weighted by Gasteiger charge is -2.06. The number of hydrogen-bond donors (Lipinski definition) is 0. The third-order valence-corrected chi connectivity index (χ3v) is 4.98. The normalized spacial score (nSPS) is 11.5. The van der Waals surface area contributed by atoms with Crippen LogP contribution in [-0.2, 0) is 9.84 Å². The minimum absolute atomic E-state index is 0.0324. The van der Waals surface area contributed by atoms with Crippen LogP contribution >= 0.6 is 0 Å². The fourth-order valence-corrected chi connectivity index (χ4v) is 3.51. The molecule has 3 aromatic rings. The number of benzene rings is 2. The second kappa shape index (κ2) is 5.32. The van der Waals surface area contributed by atoms with Gasteiger partial charge in [0.15, 0.2) is 5.52 Å². The Balaban J connectivity index is 2.25. The predicted molar refractivity (Wildman–Crippen MR) is 76.9 cm³/mol. The van der Waals surface area contributed by atoms with Gasteiger partial charge in [-0.15, -0.1) is 0 Å². The van der Waals surface area contributed by atoms with Crippen LogP contribution in [0.2, 0.25) is 0 Å². The SMILES string of the molecule is COc1cccc(S(=O)(=O)c2ccc([N+](=O)[O-])c3nonc23)c1. The van der Waals surface area contributed by atoms with Gasteiger partial charge in [-0.25, -0.2) is 13.0 Å². The van der Waals surface area contributed by atoms with E-state index in [1.165, 1.54) is 25.3 Å². The third kappa shape index (κ3) is 2.38. The van der Waals surface area contributed by atoms with Crippen LogP contribution in [0.1, 0.15) is 0 Å². The average molecular weight is 335 g/mol. The lowest BCUT2D eigenvalue weighted by atomic mass is 10.3. The van der Waals surface area contributed by atoms with Crippen molar-refractivity contribution < 1.29 is 22.7 Å². The van der Waals surface area contributed by atoms with E-state index in [0.29, 0.717) is 5.75 Å². The van der Waals surface area contributed by atoms with Crippen molar-refractivity contribution >= 4 is 26.6 Å². The summed E-state index contributed by atoms with van der Waals surface area (Å²) in [7, 11) is -2.56. The summed E-state index contributed by atoms with van der Waals surface area (Å²) in [6.45, 7) is 0. The van der Waals surface area contributed by atoms with E-state index < -0.39 is 14.8 Å². The molecule has 0 amide bonds. The van der Waals surface area contributed by atoms with Crippen LogP contribution < -0.4 is 4.74 Å². The molecule has 0 bridgehead atoms. The van der Waals surface area contributed by atoms with Gasteiger partial charge in [-0.05, 0) is 34.6 Å². The van der Waals surface area contributed by atoms with Crippen molar-refractivity contribution in [2.75, 3.05) is 7.11 Å². The second-order valence-electron chi connectivity index (χ2n) is 4.48. The largest absolute Gasteiger partial charge is 0.497 e. The van der Waals surface area contributed by atoms with E-state index in [1.54, 1.807) is 6.07 Å². The third-order valence-electron chi connectivity index (χ3n) is 3.19. The fourth-order valence-electron chi connectivity index (χ4n) is 2.09. The van der Waals surface area contributed by atoms with Crippen molar-refractivity contribution in [3.63, 3.8) is 0 Å². The van der Waals surface area contributed by atoms with Crippen LogP contribution in [0.25, 0.3) is 11.0 Å². The summed E-state index contributed by atoms with van der Waals surface area (Å²) in [5.74, 6) is 0.363. The maximum Gasteiger partial charge on any atom is 0.300 e. The maximum atomic E-state index is 12.8. The summed E-state index contributed by atoms with van der Waals surface area (Å²) in [5.41, 5.74) is -0.799. The molecular weight excluding hydrogens is 326 g/mol. The molecule has 0 aliphatic heterocycles. The Kier molecular flexibility index (Phi) is 3.45. The molecule has 0 spiro atoms. The number of nitrogens with zero attached hydrogens (tertiary/aromatic N) is 3. The molecule has 3 rings (SSSR count). The highest BCUT2D eigenvalue weighted by atomic mass is 32.2. The number of sulfone groups is 1. The Hall–Kier alpha value is -3.01. The zero-order chi connectivity index (χ0) is 16.6. The van der Waals surface area contributed by atoms with Crippen LogP contribution in [0, 0.1) is 10.1 Å². The Bertz CT molecular complexity index is 1010. The van der Waals surface area contributed by atoms with Gasteiger partial charge >= 0.3 is 5.69 Å². The van der Waals surface area contributed by atoms with Crippen molar-refractivity contribution in [1.82, 2.24) is 10.3 Å². The van der Waals surface area contributed by atoms with E-state index in [1.807, 2.05) is 0 Å². The highest BCUT2D eigenvalue weighted by Gasteiger charge is 2.27. The van der Waals surface area contributed by atoms with E-state index in [0.717, 1.165) is 12.1 Å². The van der Waals surface area contributed by atoms with E-state index in [9.17, 15) is 18.5 Å². The summed E-state index contributed by atoms with van der Waals surface area (Å²) < 4.78 is 35.0. The van der Waals surface area contributed by atoms with Crippen molar-refractivity contribution in [3.05, 3.63) is 46.5 Å². The number of nitro benzene ring substituents is 1. The molecule has 118 valence electrons. The van der Waals surface area contributed by atoms with Crippen LogP contribution in [-0.4, -0.2) is 30.8 Å². The van der Waals surface area contributed by atoms with Crippen LogP contribution in [0.15, 0.2) is 50.8 Å². The molecule has 23 heavy (non-hydrogen) atoms. The predicted octanol–water partition coefficient (Wildman–Crippen LogP) is 1.97. The van der Waals surface area contributed by atoms with E-state index in [4.69, 9.17) is 4.74 Å².